The van der Waals surface area contributed by atoms with Gasteiger partial charge in [0.25, 0.3) is 0 Å². The number of nitrogens with zero attached hydrogens (tertiary/aromatic N) is 2. The highest BCUT2D eigenvalue weighted by molar-refractivity contribution is 5.48. The predicted octanol–water partition coefficient (Wildman–Crippen LogP) is 1.45. The maximum Gasteiger partial charge on any atom is 0.129 e. The van der Waals surface area contributed by atoms with Crippen molar-refractivity contribution in [3.05, 3.63) is 53.5 Å². The minimum absolute atomic E-state index is 0.358. The van der Waals surface area contributed by atoms with Gasteiger partial charge in [-0.15, -0.1) is 0 Å². The molecule has 2 rings (SSSR count). The lowest BCUT2D eigenvalue weighted by atomic mass is 10.00. The third-order valence-electron chi connectivity index (χ3n) is 2.51. The van der Waals surface area contributed by atoms with Gasteiger partial charge in [0.05, 0.1) is 0 Å². The topological polar surface area (TPSA) is 72.0 Å². The summed E-state index contributed by atoms with van der Waals surface area (Å²) in [6.45, 7) is 1.90. The maximum absolute atomic E-state index is 10.2. The molecule has 4 heteroatoms. The zero-order valence-corrected chi connectivity index (χ0v) is 8.96. The number of aliphatic hydroxyl groups excluding tert-OH is 1. The second kappa shape index (κ2) is 4.28. The van der Waals surface area contributed by atoms with Gasteiger partial charge < -0.3 is 10.8 Å². The molecule has 0 saturated carbocycles. The van der Waals surface area contributed by atoms with E-state index in [4.69, 9.17) is 5.73 Å². The lowest BCUT2D eigenvalue weighted by Gasteiger charge is -2.15. The van der Waals surface area contributed by atoms with Crippen LogP contribution in [-0.2, 0) is 0 Å². The van der Waals surface area contributed by atoms with Crippen molar-refractivity contribution in [3.63, 3.8) is 0 Å². The zero-order chi connectivity index (χ0) is 11.5. The molecule has 2 aromatic heterocycles. The molecule has 0 amide bonds. The Bertz CT molecular complexity index is 465. The molecule has 4 nitrogen and oxygen atoms in total. The SMILES string of the molecule is Cc1ccnc(N)c1C(O)c1cccnc1. The average Bonchev–Trinajstić information content (AvgIpc) is 2.30. The minimum atomic E-state index is -0.776. The van der Waals surface area contributed by atoms with E-state index in [-0.39, 0.29) is 0 Å². The Morgan fingerprint density at radius 2 is 2.12 bits per heavy atom. The lowest BCUT2D eigenvalue weighted by molar-refractivity contribution is 0.219. The summed E-state index contributed by atoms with van der Waals surface area (Å²) in [5, 5.41) is 10.2. The summed E-state index contributed by atoms with van der Waals surface area (Å²) in [6, 6.07) is 5.41. The third-order valence-corrected chi connectivity index (χ3v) is 2.51. The molecule has 0 aliphatic heterocycles. The Hall–Kier alpha value is -1.94. The quantitative estimate of drug-likeness (QED) is 0.795. The molecule has 2 aromatic rings. The monoisotopic (exact) mass is 215 g/mol. The number of aliphatic hydroxyl groups is 1. The van der Waals surface area contributed by atoms with Gasteiger partial charge >= 0.3 is 0 Å². The summed E-state index contributed by atoms with van der Waals surface area (Å²) in [6.07, 6.45) is 4.14. The number of hydrogen-bond acceptors (Lipinski definition) is 4. The van der Waals surface area contributed by atoms with E-state index in [1.165, 1.54) is 0 Å². The molecule has 1 atom stereocenters. The standard InChI is InChI=1S/C12H13N3O/c1-8-4-6-15-12(13)10(8)11(16)9-3-2-5-14-7-9/h2-7,11,16H,1H3,(H2,13,15). The first-order chi connectivity index (χ1) is 7.70. The maximum atomic E-state index is 10.2. The van der Waals surface area contributed by atoms with Crippen LogP contribution in [0.25, 0.3) is 0 Å². The van der Waals surface area contributed by atoms with E-state index in [0.717, 1.165) is 5.56 Å². The van der Waals surface area contributed by atoms with Crippen LogP contribution in [0.5, 0.6) is 0 Å². The largest absolute Gasteiger partial charge is 0.383 e. The molecule has 0 aliphatic rings. The Balaban J connectivity index is 2.46. The highest BCUT2D eigenvalue weighted by atomic mass is 16.3. The number of anilines is 1. The predicted molar refractivity (Wildman–Crippen MR) is 61.7 cm³/mol. The summed E-state index contributed by atoms with van der Waals surface area (Å²) in [7, 11) is 0. The fourth-order valence-corrected chi connectivity index (χ4v) is 1.65. The van der Waals surface area contributed by atoms with Crippen molar-refractivity contribution in [3.8, 4) is 0 Å². The van der Waals surface area contributed by atoms with Gasteiger partial charge in [-0.25, -0.2) is 4.98 Å². The molecule has 16 heavy (non-hydrogen) atoms. The molecule has 0 spiro atoms. The second-order valence-corrected chi connectivity index (χ2v) is 3.62. The molecule has 0 aliphatic carbocycles. The third kappa shape index (κ3) is 1.87. The van der Waals surface area contributed by atoms with Crippen LogP contribution in [0.1, 0.15) is 22.8 Å². The number of nitrogens with two attached hydrogens (primary N) is 1. The fraction of sp³-hybridized carbons (Fsp3) is 0.167. The number of hydrogen-bond donors (Lipinski definition) is 2. The number of pyridine rings is 2. The fourth-order valence-electron chi connectivity index (χ4n) is 1.65. The van der Waals surface area contributed by atoms with E-state index >= 15 is 0 Å². The Morgan fingerprint density at radius 3 is 2.75 bits per heavy atom. The van der Waals surface area contributed by atoms with Crippen molar-refractivity contribution in [2.75, 3.05) is 5.73 Å². The van der Waals surface area contributed by atoms with Crippen molar-refractivity contribution in [1.82, 2.24) is 9.97 Å². The van der Waals surface area contributed by atoms with Crippen LogP contribution in [-0.4, -0.2) is 15.1 Å². The van der Waals surface area contributed by atoms with Gasteiger partial charge in [-0.1, -0.05) is 6.07 Å². The first-order valence-electron chi connectivity index (χ1n) is 4.99. The van der Waals surface area contributed by atoms with Gasteiger partial charge in [0.15, 0.2) is 0 Å². The molecule has 3 N–H and O–H groups in total. The van der Waals surface area contributed by atoms with Crippen molar-refractivity contribution in [2.24, 2.45) is 0 Å². The molecular weight excluding hydrogens is 202 g/mol. The summed E-state index contributed by atoms with van der Waals surface area (Å²) < 4.78 is 0. The Kier molecular flexibility index (Phi) is 2.83. The molecule has 0 bridgehead atoms. The average molecular weight is 215 g/mol. The lowest BCUT2D eigenvalue weighted by Crippen LogP contribution is -2.07. The van der Waals surface area contributed by atoms with Crippen LogP contribution in [0, 0.1) is 6.92 Å². The number of aromatic nitrogens is 2. The van der Waals surface area contributed by atoms with Crippen LogP contribution < -0.4 is 5.73 Å². The molecule has 0 radical (unpaired) electrons. The van der Waals surface area contributed by atoms with E-state index in [1.807, 2.05) is 19.1 Å². The van der Waals surface area contributed by atoms with Gasteiger partial charge in [0.1, 0.15) is 11.9 Å². The highest BCUT2D eigenvalue weighted by Gasteiger charge is 2.16. The summed E-state index contributed by atoms with van der Waals surface area (Å²) in [5.41, 5.74) is 8.05. The molecule has 1 unspecified atom stereocenters. The van der Waals surface area contributed by atoms with Crippen LogP contribution in [0.3, 0.4) is 0 Å². The highest BCUT2D eigenvalue weighted by Crippen LogP contribution is 2.27. The van der Waals surface area contributed by atoms with E-state index in [0.29, 0.717) is 16.9 Å². The summed E-state index contributed by atoms with van der Waals surface area (Å²) in [4.78, 5) is 7.95. The van der Waals surface area contributed by atoms with E-state index < -0.39 is 6.10 Å². The van der Waals surface area contributed by atoms with Gasteiger partial charge in [-0.2, -0.15) is 0 Å². The van der Waals surface area contributed by atoms with Crippen LogP contribution in [0.4, 0.5) is 5.82 Å². The molecule has 0 saturated heterocycles. The second-order valence-electron chi connectivity index (χ2n) is 3.62. The van der Waals surface area contributed by atoms with E-state index in [9.17, 15) is 5.11 Å². The number of nitrogen functional groups attached to an aromatic ring is 1. The van der Waals surface area contributed by atoms with E-state index in [2.05, 4.69) is 9.97 Å². The minimum Gasteiger partial charge on any atom is -0.383 e. The smallest absolute Gasteiger partial charge is 0.129 e. The van der Waals surface area contributed by atoms with Crippen LogP contribution in [0.15, 0.2) is 36.8 Å². The van der Waals surface area contributed by atoms with Crippen molar-refractivity contribution in [1.29, 1.82) is 0 Å². The van der Waals surface area contributed by atoms with Crippen LogP contribution >= 0.6 is 0 Å². The molecular formula is C12H13N3O. The van der Waals surface area contributed by atoms with Crippen molar-refractivity contribution < 1.29 is 5.11 Å². The first-order valence-corrected chi connectivity index (χ1v) is 4.99. The number of rotatable bonds is 2. The van der Waals surface area contributed by atoms with Crippen molar-refractivity contribution in [2.45, 2.75) is 13.0 Å². The summed E-state index contributed by atoms with van der Waals surface area (Å²) in [5.74, 6) is 0.358. The van der Waals surface area contributed by atoms with Gasteiger partial charge in [0, 0.05) is 29.7 Å². The van der Waals surface area contributed by atoms with Gasteiger partial charge in [-0.3, -0.25) is 4.98 Å². The molecule has 82 valence electrons. The molecule has 2 heterocycles. The summed E-state index contributed by atoms with van der Waals surface area (Å²) >= 11 is 0. The first kappa shape index (κ1) is 10.6. The molecule has 0 fully saturated rings. The normalized spacial score (nSPS) is 12.4. The Labute approximate surface area is 93.8 Å². The zero-order valence-electron chi connectivity index (χ0n) is 8.96. The van der Waals surface area contributed by atoms with Crippen LogP contribution in [0.2, 0.25) is 0 Å². The van der Waals surface area contributed by atoms with Crippen molar-refractivity contribution >= 4 is 5.82 Å². The molecule has 0 aromatic carbocycles. The van der Waals surface area contributed by atoms with Gasteiger partial charge in [-0.05, 0) is 24.6 Å². The van der Waals surface area contributed by atoms with Gasteiger partial charge in [0.2, 0.25) is 0 Å². The number of aryl methyl sites for hydroxylation is 1. The Morgan fingerprint density at radius 1 is 1.31 bits per heavy atom. The van der Waals surface area contributed by atoms with E-state index in [1.54, 1.807) is 24.7 Å².